The fourth-order valence-corrected chi connectivity index (χ4v) is 0.692. The summed E-state index contributed by atoms with van der Waals surface area (Å²) in [6, 6.07) is 0. The number of ketones is 2. The van der Waals surface area contributed by atoms with E-state index in [0.29, 0.717) is 5.56 Å². The number of hydrogen-bond acceptors (Lipinski definition) is 4. The van der Waals surface area contributed by atoms with E-state index >= 15 is 0 Å². The van der Waals surface area contributed by atoms with Crippen LogP contribution >= 0.6 is 0 Å². The summed E-state index contributed by atoms with van der Waals surface area (Å²) in [5.41, 5.74) is 0.417. The Morgan fingerprint density at radius 1 is 1.00 bits per heavy atom. The molecule has 0 bridgehead atoms. The van der Waals surface area contributed by atoms with Gasteiger partial charge in [-0.15, -0.1) is 0 Å². The molecular weight excluding hydrogens is 180 g/mol. The lowest BCUT2D eigenvalue weighted by Crippen LogP contribution is -2.03. The molecule has 0 aromatic carbocycles. The first-order valence-electron chi connectivity index (χ1n) is 4.45. The van der Waals surface area contributed by atoms with Gasteiger partial charge < -0.3 is 0 Å². The standard InChI is InChI=1S/C8H8N2O2.C2H6/c1-5(11)7-3-9-8(6(2)12)10-4-7;1-2/h3-4H,1-2H3;1-2H3. The number of carbonyl (C=O) groups is 2. The maximum Gasteiger partial charge on any atom is 0.196 e. The van der Waals surface area contributed by atoms with Gasteiger partial charge in [-0.25, -0.2) is 9.97 Å². The van der Waals surface area contributed by atoms with Crippen molar-refractivity contribution in [1.82, 2.24) is 9.97 Å². The van der Waals surface area contributed by atoms with E-state index in [0.717, 1.165) is 0 Å². The lowest BCUT2D eigenvalue weighted by molar-refractivity contribution is 0.0993. The van der Waals surface area contributed by atoms with Gasteiger partial charge in [-0.2, -0.15) is 0 Å². The van der Waals surface area contributed by atoms with Crippen LogP contribution < -0.4 is 0 Å². The minimum absolute atomic E-state index is 0.106. The Bertz CT molecular complexity index is 284. The van der Waals surface area contributed by atoms with Crippen molar-refractivity contribution in [3.8, 4) is 0 Å². The van der Waals surface area contributed by atoms with Crippen LogP contribution in [0.25, 0.3) is 0 Å². The molecule has 1 aromatic heterocycles. The van der Waals surface area contributed by atoms with Gasteiger partial charge in [0.05, 0.1) is 5.56 Å². The first-order valence-corrected chi connectivity index (χ1v) is 4.45. The fourth-order valence-electron chi connectivity index (χ4n) is 0.692. The molecule has 0 radical (unpaired) electrons. The average molecular weight is 194 g/mol. The predicted molar refractivity (Wildman–Crippen MR) is 53.4 cm³/mol. The maximum atomic E-state index is 10.8. The SMILES string of the molecule is CC.CC(=O)c1cnc(C(C)=O)nc1. The van der Waals surface area contributed by atoms with E-state index in [1.807, 2.05) is 13.8 Å². The second-order valence-corrected chi connectivity index (χ2v) is 2.41. The Balaban J connectivity index is 0.000000791. The molecule has 0 aliphatic heterocycles. The summed E-state index contributed by atoms with van der Waals surface area (Å²) in [4.78, 5) is 28.9. The van der Waals surface area contributed by atoms with Gasteiger partial charge in [-0.05, 0) is 6.92 Å². The summed E-state index contributed by atoms with van der Waals surface area (Å²) >= 11 is 0. The molecule has 1 rings (SSSR count). The summed E-state index contributed by atoms with van der Waals surface area (Å²) in [6.45, 7) is 6.80. The lowest BCUT2D eigenvalue weighted by atomic mass is 10.2. The smallest absolute Gasteiger partial charge is 0.196 e. The Morgan fingerprint density at radius 2 is 1.43 bits per heavy atom. The van der Waals surface area contributed by atoms with Crippen LogP contribution in [0.2, 0.25) is 0 Å². The highest BCUT2D eigenvalue weighted by molar-refractivity contribution is 5.94. The third-order valence-electron chi connectivity index (χ3n) is 1.37. The number of hydrogen-bond donors (Lipinski definition) is 0. The van der Waals surface area contributed by atoms with Crippen molar-refractivity contribution in [2.24, 2.45) is 0 Å². The molecule has 1 aromatic rings. The highest BCUT2D eigenvalue weighted by Crippen LogP contribution is 1.97. The maximum absolute atomic E-state index is 10.8. The summed E-state index contributed by atoms with van der Waals surface area (Å²) in [5, 5.41) is 0. The van der Waals surface area contributed by atoms with Gasteiger partial charge in [0.1, 0.15) is 0 Å². The largest absolute Gasteiger partial charge is 0.294 e. The molecule has 0 aliphatic carbocycles. The zero-order valence-electron chi connectivity index (χ0n) is 8.87. The van der Waals surface area contributed by atoms with Gasteiger partial charge in [0.15, 0.2) is 17.4 Å². The van der Waals surface area contributed by atoms with E-state index < -0.39 is 0 Å². The van der Waals surface area contributed by atoms with Crippen LogP contribution in [0.1, 0.15) is 48.7 Å². The van der Waals surface area contributed by atoms with Gasteiger partial charge in [0.2, 0.25) is 0 Å². The molecule has 0 spiro atoms. The quantitative estimate of drug-likeness (QED) is 0.675. The molecule has 0 atom stereocenters. The number of carbonyl (C=O) groups excluding carboxylic acids is 2. The van der Waals surface area contributed by atoms with Crippen LogP contribution in [0, 0.1) is 0 Å². The second kappa shape index (κ2) is 5.96. The molecular formula is C10H14N2O2. The lowest BCUT2D eigenvalue weighted by Gasteiger charge is -1.94. The molecule has 0 saturated heterocycles. The summed E-state index contributed by atoms with van der Waals surface area (Å²) in [5.74, 6) is -0.171. The summed E-state index contributed by atoms with van der Waals surface area (Å²) in [6.07, 6.45) is 2.71. The third kappa shape index (κ3) is 3.43. The van der Waals surface area contributed by atoms with Crippen LogP contribution in [0.15, 0.2) is 12.4 Å². The monoisotopic (exact) mass is 194 g/mol. The summed E-state index contributed by atoms with van der Waals surface area (Å²) < 4.78 is 0. The first kappa shape index (κ1) is 12.4. The van der Waals surface area contributed by atoms with E-state index in [-0.39, 0.29) is 17.4 Å². The van der Waals surface area contributed by atoms with Gasteiger partial charge in [0.25, 0.3) is 0 Å². The minimum Gasteiger partial charge on any atom is -0.294 e. The normalized spacial score (nSPS) is 8.57. The van der Waals surface area contributed by atoms with Gasteiger partial charge in [-0.1, -0.05) is 13.8 Å². The second-order valence-electron chi connectivity index (χ2n) is 2.41. The van der Waals surface area contributed by atoms with E-state index in [1.54, 1.807) is 0 Å². The molecule has 4 heteroatoms. The molecule has 0 N–H and O–H groups in total. The number of rotatable bonds is 2. The predicted octanol–water partition coefficient (Wildman–Crippen LogP) is 1.91. The van der Waals surface area contributed by atoms with Crippen molar-refractivity contribution in [2.45, 2.75) is 27.7 Å². The molecule has 0 amide bonds. The molecule has 0 unspecified atom stereocenters. The molecule has 0 saturated carbocycles. The fraction of sp³-hybridized carbons (Fsp3) is 0.400. The van der Waals surface area contributed by atoms with E-state index in [4.69, 9.17) is 0 Å². The molecule has 76 valence electrons. The average Bonchev–Trinajstić information content (AvgIpc) is 2.21. The van der Waals surface area contributed by atoms with Crippen molar-refractivity contribution in [3.63, 3.8) is 0 Å². The van der Waals surface area contributed by atoms with Crippen LogP contribution in [0.5, 0.6) is 0 Å². The third-order valence-corrected chi connectivity index (χ3v) is 1.37. The number of Topliss-reactive ketones (excluding diaryl/α,β-unsaturated/α-hetero) is 2. The molecule has 0 aliphatic rings. The molecule has 1 heterocycles. The van der Waals surface area contributed by atoms with E-state index in [1.165, 1.54) is 26.2 Å². The Kier molecular flexibility index (Phi) is 5.29. The zero-order chi connectivity index (χ0) is 11.1. The van der Waals surface area contributed by atoms with Crippen LogP contribution in [0.4, 0.5) is 0 Å². The van der Waals surface area contributed by atoms with Gasteiger partial charge >= 0.3 is 0 Å². The van der Waals surface area contributed by atoms with Crippen LogP contribution in [0.3, 0.4) is 0 Å². The van der Waals surface area contributed by atoms with Crippen molar-refractivity contribution in [2.75, 3.05) is 0 Å². The molecule has 0 fully saturated rings. The van der Waals surface area contributed by atoms with E-state index in [9.17, 15) is 9.59 Å². The Morgan fingerprint density at radius 3 is 1.71 bits per heavy atom. The van der Waals surface area contributed by atoms with Crippen molar-refractivity contribution < 1.29 is 9.59 Å². The van der Waals surface area contributed by atoms with E-state index in [2.05, 4.69) is 9.97 Å². The Hall–Kier alpha value is -1.58. The van der Waals surface area contributed by atoms with Crippen molar-refractivity contribution >= 4 is 11.6 Å². The van der Waals surface area contributed by atoms with Crippen LogP contribution in [-0.4, -0.2) is 21.5 Å². The number of nitrogens with zero attached hydrogens (tertiary/aromatic N) is 2. The highest BCUT2D eigenvalue weighted by atomic mass is 16.1. The van der Waals surface area contributed by atoms with Gasteiger partial charge in [0, 0.05) is 19.3 Å². The minimum atomic E-state index is -0.204. The zero-order valence-corrected chi connectivity index (χ0v) is 8.87. The first-order chi connectivity index (χ1) is 6.61. The van der Waals surface area contributed by atoms with Crippen molar-refractivity contribution in [1.29, 1.82) is 0 Å². The Labute approximate surface area is 83.4 Å². The highest BCUT2D eigenvalue weighted by Gasteiger charge is 2.04. The topological polar surface area (TPSA) is 59.9 Å². The molecule has 14 heavy (non-hydrogen) atoms. The number of aromatic nitrogens is 2. The summed E-state index contributed by atoms with van der Waals surface area (Å²) in [7, 11) is 0. The molecule has 4 nitrogen and oxygen atoms in total. The van der Waals surface area contributed by atoms with Crippen molar-refractivity contribution in [3.05, 3.63) is 23.8 Å². The van der Waals surface area contributed by atoms with Gasteiger partial charge in [-0.3, -0.25) is 9.59 Å². The van der Waals surface area contributed by atoms with Crippen LogP contribution in [-0.2, 0) is 0 Å².